The Hall–Kier alpha value is -2.86. The van der Waals surface area contributed by atoms with Gasteiger partial charge in [0.15, 0.2) is 0 Å². The van der Waals surface area contributed by atoms with E-state index in [1.54, 1.807) is 19.4 Å². The number of ether oxygens (including phenoxy) is 1. The minimum Gasteiger partial charge on any atom is -0.496 e. The number of hydrogen-bond donors (Lipinski definition) is 1. The smallest absolute Gasteiger partial charge is 0.206 e. The van der Waals surface area contributed by atoms with E-state index in [-0.39, 0.29) is 0 Å². The molecule has 0 unspecified atom stereocenters. The monoisotopic (exact) mass is 338 g/mol. The summed E-state index contributed by atoms with van der Waals surface area (Å²) in [5.74, 6) is 0.800. The second kappa shape index (κ2) is 7.61. The predicted molar refractivity (Wildman–Crippen MR) is 98.7 cm³/mol. The normalized spacial score (nSPS) is 12.0. The fourth-order valence-corrected chi connectivity index (χ4v) is 3.09. The first kappa shape index (κ1) is 16.0. The lowest BCUT2D eigenvalue weighted by Gasteiger charge is -2.08. The van der Waals surface area contributed by atoms with Gasteiger partial charge in [0.1, 0.15) is 5.75 Å². The summed E-state index contributed by atoms with van der Waals surface area (Å²) in [6.07, 6.45) is 5.41. The molecule has 0 spiro atoms. The molecule has 1 aromatic carbocycles. The van der Waals surface area contributed by atoms with Gasteiger partial charge in [0, 0.05) is 17.1 Å². The summed E-state index contributed by atoms with van der Waals surface area (Å²) < 4.78 is 7.31. The Balaban J connectivity index is 2.12. The van der Waals surface area contributed by atoms with E-state index >= 15 is 0 Å². The van der Waals surface area contributed by atoms with Crippen LogP contribution in [0.2, 0.25) is 0 Å². The van der Waals surface area contributed by atoms with Gasteiger partial charge >= 0.3 is 0 Å². The molecule has 2 heterocycles. The minimum absolute atomic E-state index is 0.546. The molecule has 122 valence electrons. The number of methoxy groups -OCH3 is 1. The lowest BCUT2D eigenvalue weighted by molar-refractivity contribution is 0.416. The zero-order valence-electron chi connectivity index (χ0n) is 13.3. The van der Waals surface area contributed by atoms with Gasteiger partial charge in [-0.3, -0.25) is 4.99 Å². The van der Waals surface area contributed by atoms with E-state index in [0.29, 0.717) is 6.54 Å². The van der Waals surface area contributed by atoms with Crippen LogP contribution in [-0.4, -0.2) is 29.5 Å². The van der Waals surface area contributed by atoms with E-state index in [4.69, 9.17) is 4.74 Å². The fraction of sp³-hybridized carbons (Fsp3) is 0.111. The largest absolute Gasteiger partial charge is 0.496 e. The fourth-order valence-electron chi connectivity index (χ4n) is 2.25. The van der Waals surface area contributed by atoms with Gasteiger partial charge in [0.2, 0.25) is 4.80 Å². The third kappa shape index (κ3) is 3.38. The molecule has 0 aliphatic rings. The summed E-state index contributed by atoms with van der Waals surface area (Å²) in [6.45, 7) is 4.27. The molecule has 0 bridgehead atoms. The Morgan fingerprint density at radius 3 is 2.92 bits per heavy atom. The number of hydrogen-bond acceptors (Lipinski definition) is 4. The molecule has 6 heteroatoms. The number of aromatic amines is 1. The first-order valence-electron chi connectivity index (χ1n) is 7.46. The Labute approximate surface area is 144 Å². The molecule has 3 rings (SSSR count). The number of thiazole rings is 1. The van der Waals surface area contributed by atoms with E-state index in [2.05, 4.69) is 21.7 Å². The summed E-state index contributed by atoms with van der Waals surface area (Å²) in [5.41, 5.74) is 2.83. The highest BCUT2D eigenvalue weighted by Gasteiger charge is 2.11. The summed E-state index contributed by atoms with van der Waals surface area (Å²) in [5, 5.41) is 6.63. The number of para-hydroxylation sites is 1. The van der Waals surface area contributed by atoms with Gasteiger partial charge in [0.05, 0.1) is 31.3 Å². The second-order valence-corrected chi connectivity index (χ2v) is 5.75. The topological polar surface area (TPSA) is 54.7 Å². The molecule has 0 amide bonds. The van der Waals surface area contributed by atoms with Crippen molar-refractivity contribution in [3.63, 3.8) is 0 Å². The highest BCUT2D eigenvalue weighted by molar-refractivity contribution is 7.07. The van der Waals surface area contributed by atoms with Gasteiger partial charge < -0.3 is 9.72 Å². The summed E-state index contributed by atoms with van der Waals surface area (Å²) in [4.78, 5) is 8.44. The van der Waals surface area contributed by atoms with Crippen LogP contribution in [0.5, 0.6) is 5.75 Å². The lowest BCUT2D eigenvalue weighted by atomic mass is 10.1. The highest BCUT2D eigenvalue weighted by atomic mass is 32.1. The van der Waals surface area contributed by atoms with Crippen molar-refractivity contribution in [2.24, 2.45) is 10.1 Å². The first-order valence-corrected chi connectivity index (χ1v) is 8.34. The molecular weight excluding hydrogens is 320 g/mol. The average Bonchev–Trinajstić information content (AvgIpc) is 3.27. The van der Waals surface area contributed by atoms with Crippen LogP contribution >= 0.6 is 11.3 Å². The zero-order chi connectivity index (χ0) is 16.8. The molecule has 1 N–H and O–H groups in total. The molecule has 5 nitrogen and oxygen atoms in total. The molecule has 0 saturated heterocycles. The van der Waals surface area contributed by atoms with Crippen molar-refractivity contribution in [2.45, 2.75) is 0 Å². The van der Waals surface area contributed by atoms with Crippen LogP contribution in [0.15, 0.2) is 70.7 Å². The molecule has 2 aromatic heterocycles. The van der Waals surface area contributed by atoms with Crippen LogP contribution in [0.4, 0.5) is 0 Å². The number of rotatable bonds is 6. The molecular formula is C18H18N4OS. The highest BCUT2D eigenvalue weighted by Crippen LogP contribution is 2.29. The molecule has 0 radical (unpaired) electrons. The van der Waals surface area contributed by atoms with Gasteiger partial charge in [-0.05, 0) is 24.3 Å². The first-order chi connectivity index (χ1) is 11.8. The maximum Gasteiger partial charge on any atom is 0.206 e. The number of nitrogens with one attached hydrogen (secondary N) is 1. The van der Waals surface area contributed by atoms with Crippen LogP contribution in [0, 0.1) is 0 Å². The number of nitrogens with zero attached hydrogens (tertiary/aromatic N) is 3. The Morgan fingerprint density at radius 1 is 1.29 bits per heavy atom. The Morgan fingerprint density at radius 2 is 2.17 bits per heavy atom. The third-order valence-corrected chi connectivity index (χ3v) is 4.21. The standard InChI is InChI=1S/C18H18N4OS/c1-3-10-20-18-22(21-12-14-7-6-11-19-14)16(13-24-18)15-8-4-5-9-17(15)23-2/h3-9,11-13,19H,1,10H2,2H3. The van der Waals surface area contributed by atoms with Crippen molar-refractivity contribution in [1.29, 1.82) is 0 Å². The number of aromatic nitrogens is 2. The van der Waals surface area contributed by atoms with Crippen molar-refractivity contribution in [3.8, 4) is 17.0 Å². The van der Waals surface area contributed by atoms with Crippen molar-refractivity contribution < 1.29 is 4.74 Å². The maximum atomic E-state index is 5.48. The van der Waals surface area contributed by atoms with E-state index < -0.39 is 0 Å². The molecule has 0 aliphatic carbocycles. The zero-order valence-corrected chi connectivity index (χ0v) is 14.2. The van der Waals surface area contributed by atoms with Crippen LogP contribution in [0.3, 0.4) is 0 Å². The SMILES string of the molecule is C=CCN=c1scc(-c2ccccc2OC)n1N=Cc1ccc[nH]1. The summed E-state index contributed by atoms with van der Waals surface area (Å²) in [7, 11) is 1.67. The van der Waals surface area contributed by atoms with Crippen LogP contribution in [0.25, 0.3) is 11.3 Å². The van der Waals surface area contributed by atoms with E-state index in [0.717, 1.165) is 27.5 Å². The third-order valence-electron chi connectivity index (χ3n) is 3.36. The number of benzene rings is 1. The van der Waals surface area contributed by atoms with Gasteiger partial charge in [-0.1, -0.05) is 18.2 Å². The Kier molecular flexibility index (Phi) is 5.08. The van der Waals surface area contributed by atoms with Crippen LogP contribution < -0.4 is 9.54 Å². The molecule has 0 saturated carbocycles. The van der Waals surface area contributed by atoms with Crippen molar-refractivity contribution >= 4 is 17.6 Å². The predicted octanol–water partition coefficient (Wildman–Crippen LogP) is 3.52. The van der Waals surface area contributed by atoms with Gasteiger partial charge in [-0.2, -0.15) is 5.10 Å². The molecule has 3 aromatic rings. The quantitative estimate of drug-likeness (QED) is 0.542. The van der Waals surface area contributed by atoms with Gasteiger partial charge in [-0.25, -0.2) is 4.68 Å². The van der Waals surface area contributed by atoms with Crippen molar-refractivity contribution in [3.05, 3.63) is 71.1 Å². The van der Waals surface area contributed by atoms with Gasteiger partial charge in [0.25, 0.3) is 0 Å². The lowest BCUT2D eigenvalue weighted by Crippen LogP contribution is -2.12. The van der Waals surface area contributed by atoms with Crippen molar-refractivity contribution in [1.82, 2.24) is 9.66 Å². The number of H-pyrrole nitrogens is 1. The van der Waals surface area contributed by atoms with E-state index in [9.17, 15) is 0 Å². The summed E-state index contributed by atoms with van der Waals surface area (Å²) >= 11 is 1.54. The molecule has 0 aliphatic heterocycles. The van der Waals surface area contributed by atoms with Crippen LogP contribution in [0.1, 0.15) is 5.69 Å². The Bertz CT molecular complexity index is 903. The summed E-state index contributed by atoms with van der Waals surface area (Å²) in [6, 6.07) is 11.8. The van der Waals surface area contributed by atoms with Crippen LogP contribution in [-0.2, 0) is 0 Å². The molecule has 0 fully saturated rings. The van der Waals surface area contributed by atoms with Crippen molar-refractivity contribution in [2.75, 3.05) is 13.7 Å². The average molecular weight is 338 g/mol. The minimum atomic E-state index is 0.546. The molecule has 24 heavy (non-hydrogen) atoms. The van der Waals surface area contributed by atoms with Gasteiger partial charge in [-0.15, -0.1) is 17.9 Å². The van der Waals surface area contributed by atoms with E-state index in [1.165, 1.54) is 11.3 Å². The second-order valence-electron chi connectivity index (χ2n) is 4.91. The maximum absolute atomic E-state index is 5.48. The molecule has 0 atom stereocenters. The van der Waals surface area contributed by atoms with E-state index in [1.807, 2.05) is 52.7 Å².